The minimum Gasteiger partial charge on any atom is -0.296 e. The summed E-state index contributed by atoms with van der Waals surface area (Å²) in [7, 11) is 2.06. The second-order valence-corrected chi connectivity index (χ2v) is 8.40. The highest BCUT2D eigenvalue weighted by Crippen LogP contribution is 2.13. The van der Waals surface area contributed by atoms with Crippen molar-refractivity contribution in [2.24, 2.45) is 0 Å². The Balaban J connectivity index is 1.92. The van der Waals surface area contributed by atoms with Crippen LogP contribution in [-0.4, -0.2) is 30.8 Å². The fourth-order valence-corrected chi connectivity index (χ4v) is 3.84. The second kappa shape index (κ2) is 17.9. The zero-order valence-electron chi connectivity index (χ0n) is 18.6. The summed E-state index contributed by atoms with van der Waals surface area (Å²) in [4.78, 5) is 13.5. The van der Waals surface area contributed by atoms with Gasteiger partial charge in [0.05, 0.1) is 6.04 Å². The van der Waals surface area contributed by atoms with E-state index in [0.29, 0.717) is 0 Å². The van der Waals surface area contributed by atoms with Crippen LogP contribution < -0.4 is 0 Å². The lowest BCUT2D eigenvalue weighted by Crippen LogP contribution is -2.35. The number of likely N-dealkylation sites (N-methyl/N-ethyl adjacent to an activating group) is 1. The maximum atomic E-state index is 11.3. The van der Waals surface area contributed by atoms with Gasteiger partial charge in [0, 0.05) is 0 Å². The Morgan fingerprint density at radius 3 is 1.68 bits per heavy atom. The van der Waals surface area contributed by atoms with Crippen LogP contribution in [0.4, 0.5) is 0 Å². The number of hydrogen-bond acceptors (Lipinski definition) is 2. The zero-order valence-corrected chi connectivity index (χ0v) is 18.6. The summed E-state index contributed by atoms with van der Waals surface area (Å²) in [5.74, 6) is 0. The monoisotopic (exact) mass is 386 g/mol. The van der Waals surface area contributed by atoms with Crippen LogP contribution in [0.1, 0.15) is 102 Å². The normalized spacial score (nSPS) is 12.4. The van der Waals surface area contributed by atoms with E-state index in [1.54, 1.807) is 0 Å². The van der Waals surface area contributed by atoms with Gasteiger partial charge in [0.25, 0.3) is 0 Å². The number of benzene rings is 1. The molecule has 0 spiro atoms. The molecule has 159 valence electrons. The summed E-state index contributed by atoms with van der Waals surface area (Å²) in [5, 5.41) is 0. The predicted octanol–water partition coefficient (Wildman–Crippen LogP) is 7.12. The largest absolute Gasteiger partial charge is 0.296 e. The van der Waals surface area contributed by atoms with E-state index >= 15 is 0 Å². The smallest absolute Gasteiger partial charge is 0.217 e. The van der Waals surface area contributed by atoms with Gasteiger partial charge in [0.1, 0.15) is 0 Å². The van der Waals surface area contributed by atoms with Crippen molar-refractivity contribution in [2.45, 2.75) is 109 Å². The number of carbonyl (C=O) groups excluding carboxylic acids is 1. The Bertz CT molecular complexity index is 459. The van der Waals surface area contributed by atoms with E-state index in [2.05, 4.69) is 37.3 Å². The molecule has 1 atom stereocenters. The van der Waals surface area contributed by atoms with Gasteiger partial charge < -0.3 is 0 Å². The van der Waals surface area contributed by atoms with Crippen molar-refractivity contribution in [3.63, 3.8) is 0 Å². The van der Waals surface area contributed by atoms with E-state index in [0.717, 1.165) is 13.0 Å². The number of hydrogen-bond donors (Lipinski definition) is 0. The van der Waals surface area contributed by atoms with Gasteiger partial charge in [-0.1, -0.05) is 121 Å². The van der Waals surface area contributed by atoms with Crippen molar-refractivity contribution < 1.29 is 4.79 Å². The molecule has 0 heterocycles. The highest BCUT2D eigenvalue weighted by Gasteiger charge is 2.14. The van der Waals surface area contributed by atoms with Gasteiger partial charge in [-0.3, -0.25) is 9.69 Å². The van der Waals surface area contributed by atoms with Crippen LogP contribution in [0.2, 0.25) is 0 Å². The van der Waals surface area contributed by atoms with E-state index < -0.39 is 0 Å². The topological polar surface area (TPSA) is 20.3 Å². The highest BCUT2D eigenvalue weighted by atomic mass is 16.1. The first-order valence-electron chi connectivity index (χ1n) is 11.9. The van der Waals surface area contributed by atoms with Crippen LogP contribution in [0.25, 0.3) is 0 Å². The molecule has 1 aromatic carbocycles. The quantitative estimate of drug-likeness (QED) is 0.236. The molecule has 0 aliphatic carbocycles. The number of rotatable bonds is 19. The lowest BCUT2D eigenvalue weighted by molar-refractivity contribution is 0.280. The minimum absolute atomic E-state index is 0.121. The minimum atomic E-state index is -0.121. The van der Waals surface area contributed by atoms with Crippen LogP contribution >= 0.6 is 0 Å². The van der Waals surface area contributed by atoms with Gasteiger partial charge in [0.2, 0.25) is 6.29 Å². The van der Waals surface area contributed by atoms with Crippen molar-refractivity contribution in [1.29, 1.82) is 0 Å². The van der Waals surface area contributed by atoms with Crippen LogP contribution in [-0.2, 0) is 11.2 Å². The van der Waals surface area contributed by atoms with Crippen LogP contribution in [0, 0.1) is 0 Å². The van der Waals surface area contributed by atoms with Gasteiger partial charge in [-0.05, 0) is 32.0 Å². The summed E-state index contributed by atoms with van der Waals surface area (Å²) < 4.78 is 0. The summed E-state index contributed by atoms with van der Waals surface area (Å²) >= 11 is 0. The number of unbranched alkanes of at least 4 members (excludes halogenated alkanes) is 13. The van der Waals surface area contributed by atoms with Crippen LogP contribution in [0.15, 0.2) is 30.3 Å². The van der Waals surface area contributed by atoms with Gasteiger partial charge in [0.15, 0.2) is 0 Å². The molecule has 0 saturated carbocycles. The molecule has 0 N–H and O–H groups in total. The average molecular weight is 387 g/mol. The first-order valence-corrected chi connectivity index (χ1v) is 11.9. The molecule has 0 fully saturated rings. The maximum absolute atomic E-state index is 11.3. The Morgan fingerprint density at radius 1 is 0.750 bits per heavy atom. The molecule has 1 aromatic rings. The molecule has 0 aliphatic rings. The van der Waals surface area contributed by atoms with Gasteiger partial charge >= 0.3 is 0 Å². The molecule has 2 heteroatoms. The molecular weight excluding hydrogens is 342 g/mol. The van der Waals surface area contributed by atoms with E-state index in [-0.39, 0.29) is 6.04 Å². The van der Waals surface area contributed by atoms with E-state index in [1.165, 1.54) is 95.5 Å². The Labute approximate surface area is 175 Å². The number of nitrogens with zero attached hydrogens (tertiary/aromatic N) is 1. The molecule has 1 rings (SSSR count). The van der Waals surface area contributed by atoms with Crippen LogP contribution in [0.3, 0.4) is 0 Å². The van der Waals surface area contributed by atoms with E-state index in [1.807, 2.05) is 18.2 Å². The molecule has 0 saturated heterocycles. The third-order valence-corrected chi connectivity index (χ3v) is 5.80. The molecule has 1 radical (unpaired) electrons. The Kier molecular flexibility index (Phi) is 15.9. The zero-order chi connectivity index (χ0) is 20.3. The van der Waals surface area contributed by atoms with Crippen molar-refractivity contribution in [3.05, 3.63) is 35.9 Å². The van der Waals surface area contributed by atoms with E-state index in [4.69, 9.17) is 0 Å². The third kappa shape index (κ3) is 13.1. The van der Waals surface area contributed by atoms with Crippen molar-refractivity contribution >= 4 is 6.29 Å². The van der Waals surface area contributed by atoms with E-state index in [9.17, 15) is 4.79 Å². The lowest BCUT2D eigenvalue weighted by Gasteiger charge is -2.23. The SMILES string of the molecule is CCCCCCCCCCCCCCCCN(C)[C@H]([C]=O)Cc1ccccc1. The van der Waals surface area contributed by atoms with Gasteiger partial charge in [-0.25, -0.2) is 0 Å². The summed E-state index contributed by atoms with van der Waals surface area (Å²) in [5.41, 5.74) is 1.21. The van der Waals surface area contributed by atoms with Crippen molar-refractivity contribution in [2.75, 3.05) is 13.6 Å². The molecule has 0 bridgehead atoms. The molecule has 28 heavy (non-hydrogen) atoms. The Hall–Kier alpha value is -1.15. The molecule has 2 nitrogen and oxygen atoms in total. The van der Waals surface area contributed by atoms with Crippen molar-refractivity contribution in [1.82, 2.24) is 4.90 Å². The van der Waals surface area contributed by atoms with Gasteiger partial charge in [-0.2, -0.15) is 0 Å². The Morgan fingerprint density at radius 2 is 1.21 bits per heavy atom. The van der Waals surface area contributed by atoms with Crippen molar-refractivity contribution in [3.8, 4) is 0 Å². The standard InChI is InChI=1S/C26H44NO/c1-3-4-5-6-7-8-9-10-11-12-13-14-15-19-22-27(2)26(24-28)23-25-20-17-16-18-21-25/h16-18,20-21,26H,3-15,19,22-23H2,1-2H3/t26-/m0/s1. The van der Waals surface area contributed by atoms with Crippen LogP contribution in [0.5, 0.6) is 0 Å². The second-order valence-electron chi connectivity index (χ2n) is 8.40. The molecule has 0 aliphatic heterocycles. The third-order valence-electron chi connectivity index (χ3n) is 5.80. The molecule has 0 amide bonds. The highest BCUT2D eigenvalue weighted by molar-refractivity contribution is 5.59. The molecule has 0 unspecified atom stereocenters. The lowest BCUT2D eigenvalue weighted by atomic mass is 10.0. The predicted molar refractivity (Wildman–Crippen MR) is 123 cm³/mol. The fourth-order valence-electron chi connectivity index (χ4n) is 3.84. The molecular formula is C26H44NO. The first kappa shape index (κ1) is 24.9. The van der Waals surface area contributed by atoms with Gasteiger partial charge in [-0.15, -0.1) is 0 Å². The fraction of sp³-hybridized carbons (Fsp3) is 0.731. The average Bonchev–Trinajstić information content (AvgIpc) is 2.72. The first-order chi connectivity index (χ1) is 13.8. The molecule has 0 aromatic heterocycles. The summed E-state index contributed by atoms with van der Waals surface area (Å²) in [6, 6.07) is 10.1. The maximum Gasteiger partial charge on any atom is 0.217 e. The summed E-state index contributed by atoms with van der Waals surface area (Å²) in [6.45, 7) is 3.27. The summed E-state index contributed by atoms with van der Waals surface area (Å²) in [6.07, 6.45) is 22.3.